The van der Waals surface area contributed by atoms with Gasteiger partial charge in [-0.15, -0.1) is 0 Å². The average molecular weight is 209 g/mol. The molecular weight excluding hydrogens is 190 g/mol. The van der Waals surface area contributed by atoms with E-state index in [4.69, 9.17) is 4.74 Å². The lowest BCUT2D eigenvalue weighted by Crippen LogP contribution is -2.31. The van der Waals surface area contributed by atoms with Crippen molar-refractivity contribution in [3.05, 3.63) is 12.4 Å². The Kier molecular flexibility index (Phi) is 3.88. The van der Waals surface area contributed by atoms with Crippen LogP contribution in [0, 0.1) is 0 Å². The Morgan fingerprint density at radius 2 is 1.93 bits per heavy atom. The Morgan fingerprint density at radius 1 is 1.33 bits per heavy atom. The van der Waals surface area contributed by atoms with Crippen LogP contribution in [-0.2, 0) is 0 Å². The van der Waals surface area contributed by atoms with Gasteiger partial charge in [0.1, 0.15) is 0 Å². The van der Waals surface area contributed by atoms with Gasteiger partial charge in [-0.2, -0.15) is 0 Å². The number of aromatic nitrogens is 2. The molecule has 1 rings (SSSR count). The number of rotatable bonds is 5. The molecule has 1 N–H and O–H groups in total. The summed E-state index contributed by atoms with van der Waals surface area (Å²) in [6, 6.07) is 0. The Balaban J connectivity index is 2.64. The molecule has 0 aromatic carbocycles. The predicted octanol–water partition coefficient (Wildman–Crippen LogP) is 2.48. The summed E-state index contributed by atoms with van der Waals surface area (Å²) in [7, 11) is 1.60. The van der Waals surface area contributed by atoms with Crippen LogP contribution in [0.4, 0.5) is 5.95 Å². The van der Waals surface area contributed by atoms with Crippen LogP contribution in [0.3, 0.4) is 0 Å². The first kappa shape index (κ1) is 11.8. The fourth-order valence-corrected chi connectivity index (χ4v) is 1.48. The number of methoxy groups -OCH3 is 1. The summed E-state index contributed by atoms with van der Waals surface area (Å²) >= 11 is 0. The summed E-state index contributed by atoms with van der Waals surface area (Å²) in [5.74, 6) is 1.32. The van der Waals surface area contributed by atoms with E-state index in [1.807, 2.05) is 0 Å². The molecule has 0 saturated heterocycles. The van der Waals surface area contributed by atoms with Crippen LogP contribution in [-0.4, -0.2) is 22.6 Å². The van der Waals surface area contributed by atoms with E-state index in [1.54, 1.807) is 19.5 Å². The number of hydrogen-bond donors (Lipinski definition) is 1. The molecule has 1 aromatic rings. The molecule has 0 atom stereocenters. The van der Waals surface area contributed by atoms with Crippen LogP contribution in [0.25, 0.3) is 0 Å². The Labute approximate surface area is 91.1 Å². The fourth-order valence-electron chi connectivity index (χ4n) is 1.48. The average Bonchev–Trinajstić information content (AvgIpc) is 2.18. The maximum absolute atomic E-state index is 4.99. The van der Waals surface area contributed by atoms with Gasteiger partial charge < -0.3 is 10.1 Å². The van der Waals surface area contributed by atoms with Gasteiger partial charge in [-0.3, -0.25) is 0 Å². The van der Waals surface area contributed by atoms with Crippen molar-refractivity contribution in [3.8, 4) is 5.75 Å². The maximum Gasteiger partial charge on any atom is 0.223 e. The molecule has 15 heavy (non-hydrogen) atoms. The molecule has 0 radical (unpaired) electrons. The number of nitrogens with one attached hydrogen (secondary N) is 1. The first-order valence-corrected chi connectivity index (χ1v) is 5.21. The molecule has 0 aliphatic rings. The smallest absolute Gasteiger partial charge is 0.223 e. The monoisotopic (exact) mass is 209 g/mol. The number of anilines is 1. The van der Waals surface area contributed by atoms with Crippen molar-refractivity contribution in [1.29, 1.82) is 0 Å². The second-order valence-corrected chi connectivity index (χ2v) is 4.21. The largest absolute Gasteiger partial charge is 0.494 e. The van der Waals surface area contributed by atoms with Gasteiger partial charge in [-0.1, -0.05) is 13.3 Å². The van der Waals surface area contributed by atoms with Crippen molar-refractivity contribution in [2.45, 2.75) is 39.2 Å². The number of ether oxygens (including phenoxy) is 1. The van der Waals surface area contributed by atoms with E-state index >= 15 is 0 Å². The molecule has 0 unspecified atom stereocenters. The first-order valence-electron chi connectivity index (χ1n) is 5.21. The Hall–Kier alpha value is -1.32. The van der Waals surface area contributed by atoms with Gasteiger partial charge in [-0.25, -0.2) is 9.97 Å². The molecule has 0 saturated carbocycles. The number of hydrogen-bond acceptors (Lipinski definition) is 4. The Morgan fingerprint density at radius 3 is 2.40 bits per heavy atom. The molecule has 84 valence electrons. The van der Waals surface area contributed by atoms with Crippen molar-refractivity contribution in [1.82, 2.24) is 9.97 Å². The Bertz CT molecular complexity index is 295. The zero-order valence-corrected chi connectivity index (χ0v) is 9.87. The van der Waals surface area contributed by atoms with Gasteiger partial charge in [0.05, 0.1) is 19.5 Å². The van der Waals surface area contributed by atoms with Gasteiger partial charge in [0.15, 0.2) is 5.75 Å². The van der Waals surface area contributed by atoms with Gasteiger partial charge in [-0.05, 0) is 20.3 Å². The topological polar surface area (TPSA) is 47.0 Å². The summed E-state index contributed by atoms with van der Waals surface area (Å²) in [5, 5.41) is 3.29. The molecule has 0 bridgehead atoms. The molecule has 0 aliphatic heterocycles. The van der Waals surface area contributed by atoms with Crippen LogP contribution in [0.2, 0.25) is 0 Å². The second kappa shape index (κ2) is 4.96. The molecule has 4 heteroatoms. The zero-order valence-electron chi connectivity index (χ0n) is 9.87. The third-order valence-electron chi connectivity index (χ3n) is 2.19. The van der Waals surface area contributed by atoms with E-state index in [2.05, 4.69) is 36.1 Å². The highest BCUT2D eigenvalue weighted by molar-refractivity contribution is 5.30. The van der Waals surface area contributed by atoms with Gasteiger partial charge >= 0.3 is 0 Å². The van der Waals surface area contributed by atoms with E-state index < -0.39 is 0 Å². The second-order valence-electron chi connectivity index (χ2n) is 4.21. The van der Waals surface area contributed by atoms with E-state index in [0.717, 1.165) is 12.8 Å². The lowest BCUT2D eigenvalue weighted by atomic mass is 9.99. The quantitative estimate of drug-likeness (QED) is 0.809. The molecule has 1 heterocycles. The van der Waals surface area contributed by atoms with E-state index in [9.17, 15) is 0 Å². The minimum absolute atomic E-state index is 0.0311. The maximum atomic E-state index is 4.99. The summed E-state index contributed by atoms with van der Waals surface area (Å²) < 4.78 is 4.99. The third kappa shape index (κ3) is 3.73. The van der Waals surface area contributed by atoms with Crippen LogP contribution in [0.5, 0.6) is 5.75 Å². The molecular formula is C11H19N3O. The molecule has 0 spiro atoms. The lowest BCUT2D eigenvalue weighted by Gasteiger charge is -2.25. The van der Waals surface area contributed by atoms with Gasteiger partial charge in [0.2, 0.25) is 5.95 Å². The zero-order chi connectivity index (χ0) is 11.3. The summed E-state index contributed by atoms with van der Waals surface area (Å²) in [4.78, 5) is 8.34. The fraction of sp³-hybridized carbons (Fsp3) is 0.636. The van der Waals surface area contributed by atoms with Crippen molar-refractivity contribution in [2.24, 2.45) is 0 Å². The molecule has 0 amide bonds. The SMILES string of the molecule is CCCC(C)(C)Nc1ncc(OC)cn1. The minimum Gasteiger partial charge on any atom is -0.494 e. The lowest BCUT2D eigenvalue weighted by molar-refractivity contribution is 0.410. The van der Waals surface area contributed by atoms with Crippen molar-refractivity contribution >= 4 is 5.95 Å². The van der Waals surface area contributed by atoms with Gasteiger partial charge in [0, 0.05) is 5.54 Å². The normalized spacial score (nSPS) is 11.2. The molecule has 0 fully saturated rings. The van der Waals surface area contributed by atoms with Crippen LogP contribution < -0.4 is 10.1 Å². The summed E-state index contributed by atoms with van der Waals surface area (Å²) in [5.41, 5.74) is 0.0311. The summed E-state index contributed by atoms with van der Waals surface area (Å²) in [6.07, 6.45) is 5.55. The standard InChI is InChI=1S/C11H19N3O/c1-5-6-11(2,3)14-10-12-7-9(15-4)8-13-10/h7-8H,5-6H2,1-4H3,(H,12,13,14). The van der Waals surface area contributed by atoms with E-state index in [1.165, 1.54) is 0 Å². The van der Waals surface area contributed by atoms with Crippen LogP contribution in [0.15, 0.2) is 12.4 Å². The highest BCUT2D eigenvalue weighted by atomic mass is 16.5. The molecule has 4 nitrogen and oxygen atoms in total. The van der Waals surface area contributed by atoms with E-state index in [-0.39, 0.29) is 5.54 Å². The van der Waals surface area contributed by atoms with Crippen molar-refractivity contribution < 1.29 is 4.74 Å². The predicted molar refractivity (Wildman–Crippen MR) is 61.2 cm³/mol. The van der Waals surface area contributed by atoms with Crippen molar-refractivity contribution in [3.63, 3.8) is 0 Å². The van der Waals surface area contributed by atoms with Crippen molar-refractivity contribution in [2.75, 3.05) is 12.4 Å². The van der Waals surface area contributed by atoms with E-state index in [0.29, 0.717) is 11.7 Å². The molecule has 1 aromatic heterocycles. The van der Waals surface area contributed by atoms with Crippen LogP contribution in [0.1, 0.15) is 33.6 Å². The van der Waals surface area contributed by atoms with Crippen LogP contribution >= 0.6 is 0 Å². The minimum atomic E-state index is 0.0311. The van der Waals surface area contributed by atoms with Gasteiger partial charge in [0.25, 0.3) is 0 Å². The first-order chi connectivity index (χ1) is 7.07. The molecule has 0 aliphatic carbocycles. The third-order valence-corrected chi connectivity index (χ3v) is 2.19. The summed E-state index contributed by atoms with van der Waals surface area (Å²) in [6.45, 7) is 6.45. The highest BCUT2D eigenvalue weighted by Crippen LogP contribution is 2.17. The number of nitrogens with zero attached hydrogens (tertiary/aromatic N) is 2. The highest BCUT2D eigenvalue weighted by Gasteiger charge is 2.16.